The first-order valence-corrected chi connectivity index (χ1v) is 6.94. The van der Waals surface area contributed by atoms with Gasteiger partial charge in [0.25, 0.3) is 0 Å². The van der Waals surface area contributed by atoms with Gasteiger partial charge in [-0.25, -0.2) is 0 Å². The van der Waals surface area contributed by atoms with E-state index in [9.17, 15) is 9.59 Å². The van der Waals surface area contributed by atoms with Gasteiger partial charge in [-0.1, -0.05) is 6.08 Å². The number of nitrogens with zero attached hydrogens (tertiary/aromatic N) is 1. The third kappa shape index (κ3) is 5.90. The van der Waals surface area contributed by atoms with E-state index in [2.05, 4.69) is 6.58 Å². The Kier molecular flexibility index (Phi) is 5.58. The van der Waals surface area contributed by atoms with E-state index < -0.39 is 5.60 Å². The van der Waals surface area contributed by atoms with Gasteiger partial charge in [0.2, 0.25) is 5.91 Å². The molecule has 0 aromatic heterocycles. The van der Waals surface area contributed by atoms with Crippen molar-refractivity contribution in [1.82, 2.24) is 4.90 Å². The first kappa shape index (κ1) is 15.7. The molecule has 1 fully saturated rings. The molecule has 108 valence electrons. The van der Waals surface area contributed by atoms with E-state index in [-0.39, 0.29) is 24.7 Å². The highest BCUT2D eigenvalue weighted by Gasteiger charge is 2.22. The molecule has 1 amide bonds. The Labute approximate surface area is 115 Å². The van der Waals surface area contributed by atoms with Crippen molar-refractivity contribution >= 4 is 11.9 Å². The lowest BCUT2D eigenvalue weighted by Gasteiger charge is -2.30. The summed E-state index contributed by atoms with van der Waals surface area (Å²) >= 11 is 0. The lowest BCUT2D eigenvalue weighted by atomic mass is 9.97. The predicted octanol–water partition coefficient (Wildman–Crippen LogP) is 2.53. The summed E-state index contributed by atoms with van der Waals surface area (Å²) in [7, 11) is 0. The summed E-state index contributed by atoms with van der Waals surface area (Å²) in [4.78, 5) is 25.3. The van der Waals surface area contributed by atoms with Crippen LogP contribution in [0.15, 0.2) is 12.7 Å². The first-order chi connectivity index (χ1) is 8.81. The van der Waals surface area contributed by atoms with Crippen LogP contribution in [0.1, 0.15) is 46.5 Å². The quantitative estimate of drug-likeness (QED) is 0.581. The number of allylic oxidation sites excluding steroid dienone is 1. The van der Waals surface area contributed by atoms with Gasteiger partial charge >= 0.3 is 5.97 Å². The fraction of sp³-hybridized carbons (Fsp3) is 0.733. The van der Waals surface area contributed by atoms with Crippen LogP contribution in [0, 0.1) is 5.92 Å². The maximum Gasteiger partial charge on any atom is 0.306 e. The van der Waals surface area contributed by atoms with Gasteiger partial charge in [-0.05, 0) is 39.5 Å². The van der Waals surface area contributed by atoms with Gasteiger partial charge < -0.3 is 9.64 Å². The number of ether oxygens (including phenoxy) is 1. The third-order valence-electron chi connectivity index (χ3n) is 3.19. The Morgan fingerprint density at radius 2 is 1.84 bits per heavy atom. The molecular weight excluding hydrogens is 242 g/mol. The molecular formula is C15H25NO3. The van der Waals surface area contributed by atoms with Crippen LogP contribution >= 0.6 is 0 Å². The fourth-order valence-electron chi connectivity index (χ4n) is 2.14. The molecule has 0 aromatic carbocycles. The topological polar surface area (TPSA) is 46.6 Å². The number of carbonyl (C=O) groups is 2. The minimum absolute atomic E-state index is 0.0494. The zero-order valence-electron chi connectivity index (χ0n) is 12.3. The van der Waals surface area contributed by atoms with Crippen LogP contribution < -0.4 is 0 Å². The van der Waals surface area contributed by atoms with Gasteiger partial charge in [-0.2, -0.15) is 0 Å². The average molecular weight is 267 g/mol. The van der Waals surface area contributed by atoms with Crippen LogP contribution in [0.5, 0.6) is 0 Å². The summed E-state index contributed by atoms with van der Waals surface area (Å²) in [6.45, 7) is 10.8. The molecule has 0 spiro atoms. The lowest BCUT2D eigenvalue weighted by molar-refractivity contribution is -0.156. The Hall–Kier alpha value is -1.32. The monoisotopic (exact) mass is 267 g/mol. The number of hydrogen-bond donors (Lipinski definition) is 0. The lowest BCUT2D eigenvalue weighted by Crippen LogP contribution is -2.38. The molecule has 0 aliphatic carbocycles. The second kappa shape index (κ2) is 6.73. The van der Waals surface area contributed by atoms with Gasteiger partial charge in [0.15, 0.2) is 0 Å². The molecule has 19 heavy (non-hydrogen) atoms. The van der Waals surface area contributed by atoms with Crippen LogP contribution in [0.4, 0.5) is 0 Å². The Morgan fingerprint density at radius 3 is 2.32 bits per heavy atom. The summed E-state index contributed by atoms with van der Waals surface area (Å²) < 4.78 is 5.19. The van der Waals surface area contributed by atoms with Gasteiger partial charge in [0.1, 0.15) is 5.60 Å². The molecule has 0 atom stereocenters. The molecule has 0 bridgehead atoms. The molecule has 1 saturated heterocycles. The molecule has 1 rings (SSSR count). The van der Waals surface area contributed by atoms with Crippen LogP contribution in [0.2, 0.25) is 0 Å². The van der Waals surface area contributed by atoms with E-state index in [0.717, 1.165) is 25.9 Å². The molecule has 0 N–H and O–H groups in total. The second-order valence-electron chi connectivity index (χ2n) is 6.04. The number of esters is 1. The van der Waals surface area contributed by atoms with Gasteiger partial charge in [0.05, 0.1) is 6.42 Å². The summed E-state index contributed by atoms with van der Waals surface area (Å²) in [5, 5.41) is 0. The molecule has 4 nitrogen and oxygen atoms in total. The first-order valence-electron chi connectivity index (χ1n) is 6.94. The molecule has 0 radical (unpaired) electrons. The molecule has 1 aliphatic heterocycles. The highest BCUT2D eigenvalue weighted by molar-refractivity contribution is 5.81. The predicted molar refractivity (Wildman–Crippen MR) is 74.6 cm³/mol. The minimum Gasteiger partial charge on any atom is -0.460 e. The zero-order valence-corrected chi connectivity index (χ0v) is 12.3. The second-order valence-corrected chi connectivity index (χ2v) is 6.04. The van der Waals surface area contributed by atoms with Crippen LogP contribution in [0.3, 0.4) is 0 Å². The molecule has 0 aromatic rings. The number of hydrogen-bond acceptors (Lipinski definition) is 3. The molecule has 0 saturated carbocycles. The van der Waals surface area contributed by atoms with Crippen molar-refractivity contribution in [3.63, 3.8) is 0 Å². The molecule has 0 unspecified atom stereocenters. The standard InChI is InChI=1S/C15H25NO3/c1-5-12-8-10-16(11-9-12)13(17)6-7-14(18)19-15(2,3)4/h5,12H,1,6-11H2,2-4H3. The van der Waals surface area contributed by atoms with Crippen molar-refractivity contribution < 1.29 is 14.3 Å². The number of amides is 1. The summed E-state index contributed by atoms with van der Waals surface area (Å²) in [5.74, 6) is 0.269. The molecule has 4 heteroatoms. The van der Waals surface area contributed by atoms with E-state index in [0.29, 0.717) is 5.92 Å². The van der Waals surface area contributed by atoms with E-state index in [1.54, 1.807) is 0 Å². The number of rotatable bonds is 4. The third-order valence-corrected chi connectivity index (χ3v) is 3.19. The molecule has 1 heterocycles. The van der Waals surface area contributed by atoms with Crippen molar-refractivity contribution in [1.29, 1.82) is 0 Å². The average Bonchev–Trinajstić information content (AvgIpc) is 2.34. The summed E-state index contributed by atoms with van der Waals surface area (Å²) in [5.41, 5.74) is -0.484. The van der Waals surface area contributed by atoms with E-state index in [1.807, 2.05) is 31.7 Å². The zero-order chi connectivity index (χ0) is 14.5. The fourth-order valence-corrected chi connectivity index (χ4v) is 2.14. The van der Waals surface area contributed by atoms with E-state index in [4.69, 9.17) is 4.74 Å². The van der Waals surface area contributed by atoms with E-state index >= 15 is 0 Å². The SMILES string of the molecule is C=CC1CCN(C(=O)CCC(=O)OC(C)(C)C)CC1. The van der Waals surface area contributed by atoms with Crippen molar-refractivity contribution in [3.8, 4) is 0 Å². The highest BCUT2D eigenvalue weighted by atomic mass is 16.6. The van der Waals surface area contributed by atoms with Crippen LogP contribution in [-0.4, -0.2) is 35.5 Å². The molecule has 1 aliphatic rings. The minimum atomic E-state index is -0.484. The van der Waals surface area contributed by atoms with E-state index in [1.165, 1.54) is 0 Å². The van der Waals surface area contributed by atoms with Crippen molar-refractivity contribution in [2.45, 2.75) is 52.1 Å². The van der Waals surface area contributed by atoms with Crippen molar-refractivity contribution in [2.24, 2.45) is 5.92 Å². The van der Waals surface area contributed by atoms with Gasteiger partial charge in [-0.15, -0.1) is 6.58 Å². The number of piperidine rings is 1. The van der Waals surface area contributed by atoms with Crippen LogP contribution in [0.25, 0.3) is 0 Å². The maximum absolute atomic E-state index is 12.0. The Morgan fingerprint density at radius 1 is 1.26 bits per heavy atom. The van der Waals surface area contributed by atoms with Gasteiger partial charge in [0, 0.05) is 19.5 Å². The summed E-state index contributed by atoms with van der Waals surface area (Å²) in [6.07, 6.45) is 4.32. The normalized spacial score (nSPS) is 17.1. The maximum atomic E-state index is 12.0. The van der Waals surface area contributed by atoms with Crippen LogP contribution in [-0.2, 0) is 14.3 Å². The largest absolute Gasteiger partial charge is 0.460 e. The van der Waals surface area contributed by atoms with Crippen molar-refractivity contribution in [2.75, 3.05) is 13.1 Å². The van der Waals surface area contributed by atoms with Gasteiger partial charge in [-0.3, -0.25) is 9.59 Å². The Balaban J connectivity index is 2.28. The smallest absolute Gasteiger partial charge is 0.306 e. The summed E-state index contributed by atoms with van der Waals surface area (Å²) in [6, 6.07) is 0. The number of carbonyl (C=O) groups excluding carboxylic acids is 2. The number of likely N-dealkylation sites (tertiary alicyclic amines) is 1. The van der Waals surface area contributed by atoms with Crippen molar-refractivity contribution in [3.05, 3.63) is 12.7 Å². The highest BCUT2D eigenvalue weighted by Crippen LogP contribution is 2.18. The Bertz CT molecular complexity index is 336.